The second-order valence-electron chi connectivity index (χ2n) is 5.53. The normalized spacial score (nSPS) is 21.7. The Labute approximate surface area is 126 Å². The molecule has 0 atom stereocenters. The van der Waals surface area contributed by atoms with E-state index in [1.807, 2.05) is 0 Å². The van der Waals surface area contributed by atoms with Crippen LogP contribution in [0.5, 0.6) is 5.75 Å². The molecule has 1 aliphatic carbocycles. The van der Waals surface area contributed by atoms with Gasteiger partial charge in [-0.05, 0) is 31.0 Å². The van der Waals surface area contributed by atoms with Gasteiger partial charge in [0.15, 0.2) is 5.75 Å². The molecule has 1 saturated carbocycles. The molecular weight excluding hydrogens is 319 g/mol. The molecule has 0 aromatic heterocycles. The van der Waals surface area contributed by atoms with Gasteiger partial charge in [0, 0.05) is 11.5 Å². The predicted molar refractivity (Wildman–Crippen MR) is 74.1 cm³/mol. The van der Waals surface area contributed by atoms with Gasteiger partial charge in [-0.2, -0.15) is 21.6 Å². The van der Waals surface area contributed by atoms with Gasteiger partial charge in [-0.25, -0.2) is 0 Å². The predicted octanol–water partition coefficient (Wildman–Crippen LogP) is 3.71. The number of alkyl halides is 3. The quantitative estimate of drug-likeness (QED) is 0.787. The fourth-order valence-electron chi connectivity index (χ4n) is 2.95. The van der Waals surface area contributed by atoms with E-state index in [-0.39, 0.29) is 22.9 Å². The second-order valence-corrected chi connectivity index (χ2v) is 6.74. The molecule has 4 nitrogen and oxygen atoms in total. The Morgan fingerprint density at radius 1 is 1.14 bits per heavy atom. The molecule has 1 aromatic carbocycles. The highest BCUT2D eigenvalue weighted by Gasteiger charge is 2.35. The highest BCUT2D eigenvalue weighted by molar-refractivity contribution is 7.86. The Kier molecular flexibility index (Phi) is 3.66. The van der Waals surface area contributed by atoms with E-state index in [2.05, 4.69) is 4.40 Å². The molecular formula is C14H14F3NO3S. The van der Waals surface area contributed by atoms with Gasteiger partial charge in [-0.1, -0.05) is 19.3 Å². The molecule has 0 saturated heterocycles. The summed E-state index contributed by atoms with van der Waals surface area (Å²) >= 11 is 0. The molecule has 3 rings (SSSR count). The van der Waals surface area contributed by atoms with Crippen molar-refractivity contribution in [2.45, 2.75) is 38.3 Å². The van der Waals surface area contributed by atoms with Crippen LogP contribution in [-0.4, -0.2) is 14.1 Å². The summed E-state index contributed by atoms with van der Waals surface area (Å²) in [6.45, 7) is 0. The number of halogens is 3. The smallest absolute Gasteiger partial charge is 0.365 e. The zero-order valence-electron chi connectivity index (χ0n) is 11.6. The van der Waals surface area contributed by atoms with Gasteiger partial charge in [0.25, 0.3) is 0 Å². The number of benzene rings is 1. The molecule has 1 heterocycles. The van der Waals surface area contributed by atoms with Crippen LogP contribution in [0.1, 0.15) is 43.2 Å². The summed E-state index contributed by atoms with van der Waals surface area (Å²) < 4.78 is 70.4. The summed E-state index contributed by atoms with van der Waals surface area (Å²) in [6.07, 6.45) is -0.169. The molecule has 0 spiro atoms. The summed E-state index contributed by atoms with van der Waals surface area (Å²) in [4.78, 5) is 0. The number of hydrogen-bond acceptors (Lipinski definition) is 3. The maximum atomic E-state index is 12.9. The summed E-state index contributed by atoms with van der Waals surface area (Å²) in [7, 11) is -4.14. The van der Waals surface area contributed by atoms with E-state index < -0.39 is 22.0 Å². The number of fused-ring (bicyclic) bond motifs is 1. The zero-order chi connectivity index (χ0) is 16.0. The minimum absolute atomic E-state index is 0.0800. The van der Waals surface area contributed by atoms with Crippen LogP contribution in [0.2, 0.25) is 0 Å². The lowest BCUT2D eigenvalue weighted by atomic mass is 9.83. The Morgan fingerprint density at radius 3 is 2.45 bits per heavy atom. The number of hydrogen-bond donors (Lipinski definition) is 0. The van der Waals surface area contributed by atoms with Crippen LogP contribution in [0.3, 0.4) is 0 Å². The van der Waals surface area contributed by atoms with Crippen molar-refractivity contribution in [2.24, 2.45) is 10.3 Å². The van der Waals surface area contributed by atoms with Crippen LogP contribution in [0.25, 0.3) is 0 Å². The molecule has 8 heteroatoms. The van der Waals surface area contributed by atoms with E-state index >= 15 is 0 Å². The van der Waals surface area contributed by atoms with Gasteiger partial charge >= 0.3 is 16.5 Å². The molecule has 1 aliphatic heterocycles. The van der Waals surface area contributed by atoms with Crippen LogP contribution in [-0.2, 0) is 16.5 Å². The minimum atomic E-state index is -4.50. The fraction of sp³-hybridized carbons (Fsp3) is 0.500. The second kappa shape index (κ2) is 5.26. The standard InChI is InChI=1S/C14H14F3NO3S/c15-14(16,17)10-6-7-12-11(8-10)13(18-22(19,20)21-12)9-4-2-1-3-5-9/h6-9H,1-5H2. The van der Waals surface area contributed by atoms with Crippen LogP contribution >= 0.6 is 0 Å². The lowest BCUT2D eigenvalue weighted by molar-refractivity contribution is -0.137. The van der Waals surface area contributed by atoms with Crippen molar-refractivity contribution >= 4 is 16.0 Å². The Balaban J connectivity index is 2.10. The van der Waals surface area contributed by atoms with Crippen molar-refractivity contribution in [1.82, 2.24) is 0 Å². The molecule has 1 aromatic rings. The SMILES string of the molecule is O=S1(=O)N=C(C2CCCCC2)c2cc(C(F)(F)F)ccc2O1. The largest absolute Gasteiger partial charge is 0.428 e. The molecule has 0 amide bonds. The van der Waals surface area contributed by atoms with E-state index in [0.717, 1.165) is 50.3 Å². The van der Waals surface area contributed by atoms with Gasteiger partial charge in [0.1, 0.15) is 0 Å². The molecule has 0 radical (unpaired) electrons. The summed E-state index contributed by atoms with van der Waals surface area (Å²) in [5, 5.41) is 0. The van der Waals surface area contributed by atoms with Crippen molar-refractivity contribution in [3.8, 4) is 5.75 Å². The zero-order valence-corrected chi connectivity index (χ0v) is 12.4. The summed E-state index contributed by atoms with van der Waals surface area (Å²) in [5.41, 5.74) is -0.499. The molecule has 22 heavy (non-hydrogen) atoms. The van der Waals surface area contributed by atoms with Crippen LogP contribution in [0.4, 0.5) is 13.2 Å². The van der Waals surface area contributed by atoms with Gasteiger partial charge in [0.2, 0.25) is 0 Å². The first-order valence-electron chi connectivity index (χ1n) is 7.02. The Bertz CT molecular complexity index is 719. The lowest BCUT2D eigenvalue weighted by Gasteiger charge is -2.27. The van der Waals surface area contributed by atoms with Crippen molar-refractivity contribution in [3.05, 3.63) is 29.3 Å². The minimum Gasteiger partial charge on any atom is -0.365 e. The third-order valence-corrected chi connectivity index (χ3v) is 4.79. The van der Waals surface area contributed by atoms with E-state index in [4.69, 9.17) is 4.18 Å². The van der Waals surface area contributed by atoms with E-state index in [9.17, 15) is 21.6 Å². The molecule has 120 valence electrons. The van der Waals surface area contributed by atoms with Crippen LogP contribution in [0.15, 0.2) is 22.6 Å². The monoisotopic (exact) mass is 333 g/mol. The Hall–Kier alpha value is -1.57. The van der Waals surface area contributed by atoms with Crippen molar-refractivity contribution < 1.29 is 25.8 Å². The van der Waals surface area contributed by atoms with Crippen molar-refractivity contribution in [1.29, 1.82) is 0 Å². The van der Waals surface area contributed by atoms with Crippen LogP contribution in [0, 0.1) is 5.92 Å². The number of rotatable bonds is 1. The van der Waals surface area contributed by atoms with Gasteiger partial charge in [0.05, 0.1) is 11.3 Å². The molecule has 1 fully saturated rings. The topological polar surface area (TPSA) is 55.7 Å². The first-order valence-corrected chi connectivity index (χ1v) is 8.39. The van der Waals surface area contributed by atoms with Gasteiger partial charge in [-0.3, -0.25) is 0 Å². The fourth-order valence-corrected chi connectivity index (χ4v) is 3.85. The lowest BCUT2D eigenvalue weighted by Crippen LogP contribution is -2.26. The highest BCUT2D eigenvalue weighted by Crippen LogP contribution is 2.38. The summed E-state index contributed by atoms with van der Waals surface area (Å²) in [5.74, 6) is -0.224. The maximum Gasteiger partial charge on any atom is 0.428 e. The molecule has 0 N–H and O–H groups in total. The third kappa shape index (κ3) is 2.97. The van der Waals surface area contributed by atoms with E-state index in [0.29, 0.717) is 0 Å². The van der Waals surface area contributed by atoms with Crippen molar-refractivity contribution in [2.75, 3.05) is 0 Å². The van der Waals surface area contributed by atoms with Gasteiger partial charge < -0.3 is 4.18 Å². The average Bonchev–Trinajstić information content (AvgIpc) is 2.45. The van der Waals surface area contributed by atoms with Gasteiger partial charge in [-0.15, -0.1) is 4.40 Å². The molecule has 0 bridgehead atoms. The van der Waals surface area contributed by atoms with Crippen molar-refractivity contribution in [3.63, 3.8) is 0 Å². The average molecular weight is 333 g/mol. The first-order chi connectivity index (χ1) is 10.3. The van der Waals surface area contributed by atoms with E-state index in [1.165, 1.54) is 0 Å². The Morgan fingerprint density at radius 2 is 1.82 bits per heavy atom. The summed E-state index contributed by atoms with van der Waals surface area (Å²) in [6, 6.07) is 2.79. The molecule has 0 unspecified atom stereocenters. The molecule has 2 aliphatic rings. The highest BCUT2D eigenvalue weighted by atomic mass is 32.2. The number of nitrogens with zero attached hydrogens (tertiary/aromatic N) is 1. The third-order valence-electron chi connectivity index (χ3n) is 3.98. The first kappa shape index (κ1) is 15.3. The van der Waals surface area contributed by atoms with E-state index in [1.54, 1.807) is 0 Å². The maximum absolute atomic E-state index is 12.9. The van der Waals surface area contributed by atoms with Crippen LogP contribution < -0.4 is 4.18 Å².